The molecule has 1 aliphatic heterocycles. The molecule has 40 heavy (non-hydrogen) atoms. The molecule has 1 atom stereocenters. The zero-order valence-corrected chi connectivity index (χ0v) is 22.3. The van der Waals surface area contributed by atoms with Gasteiger partial charge < -0.3 is 14.6 Å². The molecule has 1 unspecified atom stereocenters. The van der Waals surface area contributed by atoms with Crippen molar-refractivity contribution >= 4 is 44.1 Å². The molecule has 8 heteroatoms. The fraction of sp³-hybridized carbons (Fsp3) is 0.0938. The summed E-state index contributed by atoms with van der Waals surface area (Å²) in [6.45, 7) is 0.355. The molecule has 4 aromatic carbocycles. The number of aromatic nitrogens is 1. The number of Topliss-reactive ketones (excluding diaryl/α,β-unsaturated/α-hetero) is 1. The van der Waals surface area contributed by atoms with Gasteiger partial charge in [-0.3, -0.25) is 14.5 Å². The van der Waals surface area contributed by atoms with Crippen LogP contribution in [0.3, 0.4) is 0 Å². The Morgan fingerprint density at radius 1 is 0.900 bits per heavy atom. The van der Waals surface area contributed by atoms with Crippen molar-refractivity contribution in [2.45, 2.75) is 12.6 Å². The maximum Gasteiger partial charge on any atom is 0.301 e. The van der Waals surface area contributed by atoms with Crippen LogP contribution in [0.1, 0.15) is 22.7 Å². The van der Waals surface area contributed by atoms with Crippen molar-refractivity contribution in [1.29, 1.82) is 0 Å². The fourth-order valence-electron chi connectivity index (χ4n) is 4.73. The Hall–Kier alpha value is -4.95. The summed E-state index contributed by atoms with van der Waals surface area (Å²) in [6.07, 6.45) is 0. The maximum absolute atomic E-state index is 13.6. The van der Waals surface area contributed by atoms with Gasteiger partial charge in [-0.05, 0) is 41.5 Å². The van der Waals surface area contributed by atoms with Crippen LogP contribution in [0, 0.1) is 0 Å². The number of anilines is 1. The minimum absolute atomic E-state index is 0.00625. The van der Waals surface area contributed by atoms with Crippen LogP contribution in [-0.2, 0) is 16.2 Å². The topological polar surface area (TPSA) is 89.0 Å². The molecule has 0 aliphatic carbocycles. The summed E-state index contributed by atoms with van der Waals surface area (Å²) in [4.78, 5) is 33.1. The first kappa shape index (κ1) is 25.3. The largest absolute Gasteiger partial charge is 0.507 e. The first-order valence-corrected chi connectivity index (χ1v) is 13.4. The summed E-state index contributed by atoms with van der Waals surface area (Å²) in [7, 11) is 1.58. The number of nitrogens with zero attached hydrogens (tertiary/aromatic N) is 2. The number of hydrogen-bond donors (Lipinski definition) is 1. The van der Waals surface area contributed by atoms with Crippen LogP contribution < -0.4 is 14.4 Å². The van der Waals surface area contributed by atoms with E-state index in [1.807, 2.05) is 66.7 Å². The minimum Gasteiger partial charge on any atom is -0.507 e. The zero-order valence-electron chi connectivity index (χ0n) is 21.5. The average molecular weight is 549 g/mol. The maximum atomic E-state index is 13.6. The Morgan fingerprint density at radius 3 is 2.40 bits per heavy atom. The first-order valence-electron chi connectivity index (χ1n) is 12.6. The van der Waals surface area contributed by atoms with Crippen LogP contribution >= 0.6 is 11.3 Å². The van der Waals surface area contributed by atoms with Gasteiger partial charge >= 0.3 is 5.91 Å². The van der Waals surface area contributed by atoms with Gasteiger partial charge in [-0.1, -0.05) is 84.1 Å². The van der Waals surface area contributed by atoms with Crippen LogP contribution in [0.25, 0.3) is 16.0 Å². The Morgan fingerprint density at radius 2 is 1.65 bits per heavy atom. The highest BCUT2D eigenvalue weighted by atomic mass is 32.1. The fourth-order valence-corrected chi connectivity index (χ4v) is 5.76. The lowest BCUT2D eigenvalue weighted by Crippen LogP contribution is -2.29. The molecule has 2 heterocycles. The lowest BCUT2D eigenvalue weighted by molar-refractivity contribution is -0.132. The quantitative estimate of drug-likeness (QED) is 0.142. The third-order valence-corrected chi connectivity index (χ3v) is 7.72. The van der Waals surface area contributed by atoms with Gasteiger partial charge in [0.2, 0.25) is 0 Å². The Labute approximate surface area is 234 Å². The van der Waals surface area contributed by atoms with Crippen molar-refractivity contribution < 1.29 is 24.2 Å². The highest BCUT2D eigenvalue weighted by Crippen LogP contribution is 2.45. The van der Waals surface area contributed by atoms with E-state index in [0.717, 1.165) is 10.3 Å². The van der Waals surface area contributed by atoms with Crippen molar-refractivity contribution in [3.8, 4) is 11.5 Å². The summed E-state index contributed by atoms with van der Waals surface area (Å²) in [5, 5.41) is 11.7. The van der Waals surface area contributed by atoms with E-state index in [4.69, 9.17) is 9.47 Å². The average Bonchev–Trinajstić information content (AvgIpc) is 3.54. The number of ether oxygens (including phenoxy) is 2. The molecule has 1 aromatic heterocycles. The molecule has 0 bridgehead atoms. The van der Waals surface area contributed by atoms with Gasteiger partial charge in [0, 0.05) is 5.56 Å². The molecule has 1 saturated heterocycles. The Bertz CT molecular complexity index is 1750. The van der Waals surface area contributed by atoms with Gasteiger partial charge in [-0.2, -0.15) is 0 Å². The summed E-state index contributed by atoms with van der Waals surface area (Å²) in [6, 6.07) is 30.3. The van der Waals surface area contributed by atoms with Crippen molar-refractivity contribution in [1.82, 2.24) is 4.98 Å². The number of methoxy groups -OCH3 is 1. The SMILES string of the molecule is COc1ccc2nc(N3C(=O)C(=O)/C(=C(/O)c4ccccc4)C3c3cccc(OCc4ccccc4)c3)sc2c1. The number of fused-ring (bicyclic) bond motifs is 1. The number of thiazole rings is 1. The van der Waals surface area contributed by atoms with Gasteiger partial charge in [0.15, 0.2) is 5.13 Å². The third-order valence-electron chi connectivity index (χ3n) is 6.70. The van der Waals surface area contributed by atoms with Crippen molar-refractivity contribution in [2.75, 3.05) is 12.0 Å². The number of ketones is 1. The number of benzene rings is 4. The number of aliphatic hydroxyl groups excluding tert-OH is 1. The predicted molar refractivity (Wildman–Crippen MR) is 155 cm³/mol. The van der Waals surface area contributed by atoms with Crippen LogP contribution in [-0.4, -0.2) is 28.9 Å². The number of rotatable bonds is 7. The van der Waals surface area contributed by atoms with Crippen LogP contribution in [0.2, 0.25) is 0 Å². The van der Waals surface area contributed by atoms with E-state index in [-0.39, 0.29) is 11.3 Å². The van der Waals surface area contributed by atoms with E-state index in [0.29, 0.717) is 39.9 Å². The smallest absolute Gasteiger partial charge is 0.301 e. The van der Waals surface area contributed by atoms with E-state index < -0.39 is 17.7 Å². The second-order valence-electron chi connectivity index (χ2n) is 9.21. The molecule has 1 fully saturated rings. The number of amides is 1. The Balaban J connectivity index is 1.47. The number of aliphatic hydroxyl groups is 1. The molecular formula is C32H24N2O5S. The van der Waals surface area contributed by atoms with Crippen molar-refractivity contribution in [2.24, 2.45) is 0 Å². The molecule has 0 saturated carbocycles. The van der Waals surface area contributed by atoms with E-state index in [1.54, 1.807) is 43.5 Å². The lowest BCUT2D eigenvalue weighted by Gasteiger charge is -2.23. The lowest BCUT2D eigenvalue weighted by atomic mass is 9.95. The summed E-state index contributed by atoms with van der Waals surface area (Å²) < 4.78 is 12.2. The van der Waals surface area contributed by atoms with E-state index in [1.165, 1.54) is 16.2 Å². The highest BCUT2D eigenvalue weighted by molar-refractivity contribution is 7.22. The van der Waals surface area contributed by atoms with Crippen molar-refractivity contribution in [3.05, 3.63) is 125 Å². The predicted octanol–water partition coefficient (Wildman–Crippen LogP) is 6.51. The Kier molecular flexibility index (Phi) is 6.76. The summed E-state index contributed by atoms with van der Waals surface area (Å²) in [5.41, 5.74) is 2.72. The molecule has 0 spiro atoms. The molecule has 1 N–H and O–H groups in total. The monoisotopic (exact) mass is 548 g/mol. The highest BCUT2D eigenvalue weighted by Gasteiger charge is 2.48. The number of carbonyl (C=O) groups is 2. The molecule has 0 radical (unpaired) electrons. The summed E-state index contributed by atoms with van der Waals surface area (Å²) >= 11 is 1.28. The van der Waals surface area contributed by atoms with Gasteiger partial charge in [-0.25, -0.2) is 4.98 Å². The molecule has 5 aromatic rings. The van der Waals surface area contributed by atoms with E-state index in [2.05, 4.69) is 4.98 Å². The van der Waals surface area contributed by atoms with Crippen molar-refractivity contribution in [3.63, 3.8) is 0 Å². The zero-order chi connectivity index (χ0) is 27.6. The van der Waals surface area contributed by atoms with Gasteiger partial charge in [0.25, 0.3) is 5.78 Å². The molecule has 1 amide bonds. The van der Waals surface area contributed by atoms with E-state index in [9.17, 15) is 14.7 Å². The van der Waals surface area contributed by atoms with Crippen LogP contribution in [0.5, 0.6) is 11.5 Å². The van der Waals surface area contributed by atoms with Crippen LogP contribution in [0.15, 0.2) is 109 Å². The van der Waals surface area contributed by atoms with Crippen LogP contribution in [0.4, 0.5) is 5.13 Å². The molecule has 198 valence electrons. The van der Waals surface area contributed by atoms with Gasteiger partial charge in [0.1, 0.15) is 23.9 Å². The molecule has 7 nitrogen and oxygen atoms in total. The first-order chi connectivity index (χ1) is 19.5. The normalized spacial score (nSPS) is 16.4. The van der Waals surface area contributed by atoms with Gasteiger partial charge in [-0.15, -0.1) is 0 Å². The summed E-state index contributed by atoms with van der Waals surface area (Å²) in [5.74, 6) is -0.554. The van der Waals surface area contributed by atoms with E-state index >= 15 is 0 Å². The molecule has 1 aliphatic rings. The second-order valence-corrected chi connectivity index (χ2v) is 10.2. The molecular weight excluding hydrogens is 524 g/mol. The standard InChI is InChI=1S/C32H24N2O5S/c1-38-23-15-16-25-26(18-23)40-32(33-25)34-28(27(30(36)31(34)37)29(35)21-11-6-3-7-12-21)22-13-8-14-24(17-22)39-19-20-9-4-2-5-10-20/h2-18,28,35H,19H2,1H3/b29-27+. The number of carbonyl (C=O) groups excluding carboxylic acids is 2. The van der Waals surface area contributed by atoms with Gasteiger partial charge in [0.05, 0.1) is 28.9 Å². The minimum atomic E-state index is -0.914. The second kappa shape index (κ2) is 10.7. The number of hydrogen-bond acceptors (Lipinski definition) is 7. The molecule has 6 rings (SSSR count). The third kappa shape index (κ3) is 4.69.